The lowest BCUT2D eigenvalue weighted by Gasteiger charge is -2.01. The van der Waals surface area contributed by atoms with Gasteiger partial charge in [0, 0.05) is 6.61 Å². The summed E-state index contributed by atoms with van der Waals surface area (Å²) in [6, 6.07) is 0. The molecule has 0 rings (SSSR count). The molecule has 0 aromatic rings. The molecular weight excluding hydrogens is 172 g/mol. The number of rotatable bonds is 11. The van der Waals surface area contributed by atoms with E-state index < -0.39 is 0 Å². The van der Waals surface area contributed by atoms with Crippen molar-refractivity contribution < 1.29 is 4.74 Å². The minimum Gasteiger partial charge on any atom is -0.379 e. The van der Waals surface area contributed by atoms with Gasteiger partial charge < -0.3 is 4.74 Å². The topological polar surface area (TPSA) is 9.23 Å². The lowest BCUT2D eigenvalue weighted by atomic mass is 10.1. The van der Waals surface area contributed by atoms with E-state index in [2.05, 4.69) is 14.0 Å². The summed E-state index contributed by atoms with van der Waals surface area (Å²) in [6.45, 7) is 3.10. The molecule has 1 nitrogen and oxygen atoms in total. The van der Waals surface area contributed by atoms with Gasteiger partial charge in [0.15, 0.2) is 0 Å². The van der Waals surface area contributed by atoms with Crippen LogP contribution in [0.25, 0.3) is 0 Å². The predicted molar refractivity (Wildman–Crippen MR) is 63.2 cm³/mol. The van der Waals surface area contributed by atoms with E-state index in [1.807, 2.05) is 0 Å². The summed E-state index contributed by atoms with van der Waals surface area (Å²) >= 11 is 0. The van der Waals surface area contributed by atoms with Gasteiger partial charge in [-0.3, -0.25) is 0 Å². The van der Waals surface area contributed by atoms with Gasteiger partial charge in [-0.2, -0.15) is 0 Å². The van der Waals surface area contributed by atoms with Crippen molar-refractivity contribution in [3.8, 4) is 0 Å². The van der Waals surface area contributed by atoms with Crippen LogP contribution < -0.4 is 0 Å². The molecule has 1 heteroatoms. The second-order valence-electron chi connectivity index (χ2n) is 4.09. The molecule has 0 saturated carbocycles. The van der Waals surface area contributed by atoms with Crippen LogP contribution in [0.2, 0.25) is 0 Å². The monoisotopic (exact) mass is 199 g/mol. The molecule has 0 aromatic heterocycles. The van der Waals surface area contributed by atoms with Gasteiger partial charge in [0.05, 0.1) is 7.11 Å². The molecule has 0 unspecified atom stereocenters. The Balaban J connectivity index is 2.78. The third-order valence-corrected chi connectivity index (χ3v) is 2.64. The smallest absolute Gasteiger partial charge is 0.0700 e. The zero-order valence-electron chi connectivity index (χ0n) is 9.89. The normalized spacial score (nSPS) is 10.7. The standard InChI is InChI=1S/C13H27O/c1-3-4-5-6-7-8-9-10-11-12-13-14-2/h2-13H2,1H3. The fraction of sp³-hybridized carbons (Fsp3) is 0.923. The van der Waals surface area contributed by atoms with Crippen molar-refractivity contribution in [2.45, 2.75) is 71.1 Å². The van der Waals surface area contributed by atoms with E-state index in [9.17, 15) is 0 Å². The lowest BCUT2D eigenvalue weighted by Crippen LogP contribution is -1.87. The van der Waals surface area contributed by atoms with Gasteiger partial charge in [0.2, 0.25) is 0 Å². The molecule has 85 valence electrons. The maximum absolute atomic E-state index is 4.76. The largest absolute Gasteiger partial charge is 0.379 e. The molecule has 0 fully saturated rings. The minimum absolute atomic E-state index is 0.830. The van der Waals surface area contributed by atoms with Crippen molar-refractivity contribution in [2.24, 2.45) is 0 Å². The molecule has 0 saturated heterocycles. The molecule has 0 heterocycles. The van der Waals surface area contributed by atoms with Crippen molar-refractivity contribution in [1.29, 1.82) is 0 Å². The quantitative estimate of drug-likeness (QED) is 0.438. The van der Waals surface area contributed by atoms with Crippen molar-refractivity contribution in [3.05, 3.63) is 7.11 Å². The SMILES string of the molecule is [CH2]OCCCCCCCCCCCC. The van der Waals surface area contributed by atoms with E-state index in [1.165, 1.54) is 64.2 Å². The highest BCUT2D eigenvalue weighted by atomic mass is 16.5. The molecule has 0 aliphatic rings. The predicted octanol–water partition coefficient (Wildman–Crippen LogP) is 4.72. The van der Waals surface area contributed by atoms with E-state index >= 15 is 0 Å². The van der Waals surface area contributed by atoms with Crippen molar-refractivity contribution in [3.63, 3.8) is 0 Å². The van der Waals surface area contributed by atoms with Crippen LogP contribution in [-0.2, 0) is 4.74 Å². The van der Waals surface area contributed by atoms with Crippen LogP contribution in [0.5, 0.6) is 0 Å². The summed E-state index contributed by atoms with van der Waals surface area (Å²) in [5.41, 5.74) is 0. The van der Waals surface area contributed by atoms with Crippen LogP contribution in [0.15, 0.2) is 0 Å². The van der Waals surface area contributed by atoms with E-state index in [0.29, 0.717) is 0 Å². The summed E-state index contributed by atoms with van der Waals surface area (Å²) in [6.07, 6.45) is 13.8. The Labute approximate surface area is 90.2 Å². The van der Waals surface area contributed by atoms with Crippen LogP contribution in [0.3, 0.4) is 0 Å². The Morgan fingerprint density at radius 3 is 1.57 bits per heavy atom. The van der Waals surface area contributed by atoms with Crippen molar-refractivity contribution in [2.75, 3.05) is 6.61 Å². The second-order valence-corrected chi connectivity index (χ2v) is 4.09. The van der Waals surface area contributed by atoms with Gasteiger partial charge in [-0.1, -0.05) is 64.7 Å². The maximum atomic E-state index is 4.76. The average molecular weight is 199 g/mol. The van der Waals surface area contributed by atoms with Crippen LogP contribution in [0.1, 0.15) is 71.1 Å². The van der Waals surface area contributed by atoms with E-state index in [0.717, 1.165) is 6.61 Å². The van der Waals surface area contributed by atoms with Gasteiger partial charge in [0.1, 0.15) is 0 Å². The molecule has 1 radical (unpaired) electrons. The molecule has 0 aromatic carbocycles. The maximum Gasteiger partial charge on any atom is 0.0700 e. The highest BCUT2D eigenvalue weighted by Crippen LogP contribution is 2.10. The number of hydrogen-bond donors (Lipinski definition) is 0. The second kappa shape index (κ2) is 13.0. The molecular formula is C13H27O. The van der Waals surface area contributed by atoms with Gasteiger partial charge in [-0.15, -0.1) is 0 Å². The summed E-state index contributed by atoms with van der Waals surface area (Å²) < 4.78 is 4.76. The first-order chi connectivity index (χ1) is 6.91. The third kappa shape index (κ3) is 12.0. The van der Waals surface area contributed by atoms with Crippen molar-refractivity contribution in [1.82, 2.24) is 0 Å². The first-order valence-corrected chi connectivity index (χ1v) is 6.28. The number of unbranched alkanes of at least 4 members (excludes halogenated alkanes) is 9. The van der Waals surface area contributed by atoms with Crippen LogP contribution in [-0.4, -0.2) is 6.61 Å². The molecule has 0 aliphatic carbocycles. The van der Waals surface area contributed by atoms with Gasteiger partial charge in [0.25, 0.3) is 0 Å². The molecule has 0 atom stereocenters. The fourth-order valence-corrected chi connectivity index (χ4v) is 1.69. The Bertz CT molecular complexity index is 79.2. The van der Waals surface area contributed by atoms with Crippen molar-refractivity contribution >= 4 is 0 Å². The minimum atomic E-state index is 0.830. The van der Waals surface area contributed by atoms with E-state index in [4.69, 9.17) is 4.74 Å². The molecule has 0 aliphatic heterocycles. The van der Waals surface area contributed by atoms with Gasteiger partial charge in [-0.25, -0.2) is 0 Å². The Morgan fingerprint density at radius 1 is 0.714 bits per heavy atom. The average Bonchev–Trinajstić information content (AvgIpc) is 2.21. The zero-order chi connectivity index (χ0) is 10.5. The number of hydrogen-bond acceptors (Lipinski definition) is 1. The van der Waals surface area contributed by atoms with Gasteiger partial charge >= 0.3 is 0 Å². The third-order valence-electron chi connectivity index (χ3n) is 2.64. The van der Waals surface area contributed by atoms with E-state index in [-0.39, 0.29) is 0 Å². The first kappa shape index (κ1) is 14.0. The first-order valence-electron chi connectivity index (χ1n) is 6.28. The summed E-state index contributed by atoms with van der Waals surface area (Å²) in [5, 5.41) is 0. The molecule has 0 amide bonds. The summed E-state index contributed by atoms with van der Waals surface area (Å²) in [4.78, 5) is 0. The molecule has 0 N–H and O–H groups in total. The highest BCUT2D eigenvalue weighted by Gasteiger charge is 1.91. The highest BCUT2D eigenvalue weighted by molar-refractivity contribution is 4.47. The van der Waals surface area contributed by atoms with Gasteiger partial charge in [-0.05, 0) is 6.42 Å². The fourth-order valence-electron chi connectivity index (χ4n) is 1.69. The lowest BCUT2D eigenvalue weighted by molar-refractivity contribution is 0.233. The molecule has 0 bridgehead atoms. The Kier molecular flexibility index (Phi) is 12.9. The van der Waals surface area contributed by atoms with Crippen LogP contribution >= 0.6 is 0 Å². The Morgan fingerprint density at radius 2 is 1.14 bits per heavy atom. The number of ether oxygens (including phenoxy) is 1. The summed E-state index contributed by atoms with van der Waals surface area (Å²) in [7, 11) is 3.36. The molecule has 14 heavy (non-hydrogen) atoms. The Hall–Kier alpha value is -0.0400. The summed E-state index contributed by atoms with van der Waals surface area (Å²) in [5.74, 6) is 0. The van der Waals surface area contributed by atoms with Crippen LogP contribution in [0.4, 0.5) is 0 Å². The zero-order valence-corrected chi connectivity index (χ0v) is 9.89. The molecule has 0 spiro atoms. The van der Waals surface area contributed by atoms with Crippen LogP contribution in [0, 0.1) is 7.11 Å². The van der Waals surface area contributed by atoms with E-state index in [1.54, 1.807) is 0 Å².